The standard InChI is InChI=1S/C71H83F10N10O19PS/c1-38-20-44(26-57(93)84-53(63(97)98)37-112(103,104)105)60(55(21-38)110-111(100,101)102)67(2,3)28-59(95)109-56(34-89(87-62(96)49(27-58(94)106-8)68(4,5)70(76,77)78)33-48-50(72)23-42(24-51(48)73)52-18-19-90(86-52)64(74)75)43(25-54(92)61(85-66(99)107-9)69(6,7)71(79,80)81)22-40-13-10-39(11-14-40)12-15-41-29-82-65(83-30-41)88-31-45-16-17-46(32-88)91(45)47-35-108-36-47/h10-11,13-14,18-21,23-24,29-30,43,45-47,49,53,56,61,64H,16-17,22,25-28,31-37H2,1-9H3,(H,84,93)(H,85,99)(H,87,96)(H,97,98)(H2,100,101,102)(H,103,104,105)/t43-,45?,46?,49-,53+,56+,61-/m1/s1. The zero-order valence-corrected chi connectivity index (χ0v) is 63.4. The first kappa shape index (κ1) is 88.2. The van der Waals surface area contributed by atoms with Gasteiger partial charge in [-0.25, -0.2) is 42.6 Å². The van der Waals surface area contributed by atoms with Crippen molar-refractivity contribution in [2.24, 2.45) is 22.7 Å². The van der Waals surface area contributed by atoms with Crippen molar-refractivity contribution in [3.05, 3.63) is 124 Å². The van der Waals surface area contributed by atoms with E-state index in [2.05, 4.69) is 51.6 Å². The number of hydrogen-bond donors (Lipinski definition) is 7. The maximum absolute atomic E-state index is 16.9. The van der Waals surface area contributed by atoms with Gasteiger partial charge < -0.3 is 44.1 Å². The fourth-order valence-corrected chi connectivity index (χ4v) is 14.7. The molecule has 7 N–H and O–H groups in total. The fraction of sp³-hybridized carbons (Fsp3) is 0.521. The van der Waals surface area contributed by atoms with E-state index >= 15 is 44.7 Å². The molecule has 3 saturated heterocycles. The molecule has 3 amide bonds. The van der Waals surface area contributed by atoms with E-state index in [1.54, 1.807) is 0 Å². The van der Waals surface area contributed by atoms with Crippen LogP contribution in [0.2, 0.25) is 0 Å². The van der Waals surface area contributed by atoms with Gasteiger partial charge in [0.05, 0.1) is 87.3 Å². The molecule has 41 heteroatoms. The number of methoxy groups -OCH3 is 2. The molecule has 3 fully saturated rings. The Labute approximate surface area is 635 Å². The minimum Gasteiger partial charge on any atom is -0.480 e. The van der Waals surface area contributed by atoms with Gasteiger partial charge in [-0.05, 0) is 93.1 Å². The Hall–Kier alpha value is -9.36. The van der Waals surface area contributed by atoms with E-state index in [4.69, 9.17) is 14.0 Å². The fourth-order valence-electron chi connectivity index (χ4n) is 13.6. The lowest BCUT2D eigenvalue weighted by Gasteiger charge is -2.47. The number of anilines is 1. The lowest BCUT2D eigenvalue weighted by atomic mass is 9.75. The van der Waals surface area contributed by atoms with Crippen LogP contribution in [0.3, 0.4) is 0 Å². The number of ether oxygens (including phenoxy) is 4. The number of amides is 3. The second-order valence-electron chi connectivity index (χ2n) is 29.2. The molecule has 3 aliphatic heterocycles. The number of phosphoric ester groups is 1. The van der Waals surface area contributed by atoms with Gasteiger partial charge in [0, 0.05) is 90.3 Å². The summed E-state index contributed by atoms with van der Waals surface area (Å²) < 4.78 is 225. The summed E-state index contributed by atoms with van der Waals surface area (Å²) in [6, 6.07) is 5.96. The number of Topliss-reactive ketones (excluding diaryl/α,β-unsaturated/α-hetero) is 1. The smallest absolute Gasteiger partial charge is 0.480 e. The van der Waals surface area contributed by atoms with Crippen molar-refractivity contribution in [3.8, 4) is 28.8 Å². The van der Waals surface area contributed by atoms with E-state index in [-0.39, 0.29) is 26.9 Å². The van der Waals surface area contributed by atoms with Crippen LogP contribution in [0, 0.1) is 53.1 Å². The van der Waals surface area contributed by atoms with E-state index in [1.807, 2.05) is 10.6 Å². The molecule has 612 valence electrons. The lowest BCUT2D eigenvalue weighted by Crippen LogP contribution is -2.62. The van der Waals surface area contributed by atoms with Crippen molar-refractivity contribution in [2.75, 3.05) is 57.7 Å². The number of carbonyl (C=O) groups is 7. The molecule has 5 heterocycles. The third-order valence-electron chi connectivity index (χ3n) is 19.7. The van der Waals surface area contributed by atoms with Gasteiger partial charge in [0.15, 0.2) is 5.78 Å². The first-order valence-corrected chi connectivity index (χ1v) is 37.6. The van der Waals surface area contributed by atoms with Gasteiger partial charge in [-0.1, -0.05) is 57.7 Å². The number of hydrazine groups is 1. The minimum atomic E-state index is -5.69. The third-order valence-corrected chi connectivity index (χ3v) is 20.9. The predicted molar refractivity (Wildman–Crippen MR) is 374 cm³/mol. The Morgan fingerprint density at radius 1 is 0.795 bits per heavy atom. The molecule has 3 aliphatic rings. The Kier molecular flexibility index (Phi) is 27.8. The van der Waals surface area contributed by atoms with Gasteiger partial charge >= 0.3 is 50.7 Å². The molecular weight excluding hydrogens is 1550 g/mol. The van der Waals surface area contributed by atoms with Crippen LogP contribution in [-0.4, -0.2) is 201 Å². The molecule has 8 rings (SSSR count). The number of aromatic nitrogens is 4. The summed E-state index contributed by atoms with van der Waals surface area (Å²) in [5, 5.41) is 17.6. The van der Waals surface area contributed by atoms with Crippen LogP contribution in [0.15, 0.2) is 73.2 Å². The van der Waals surface area contributed by atoms with Crippen molar-refractivity contribution in [1.29, 1.82) is 0 Å². The molecule has 2 aromatic heterocycles. The highest BCUT2D eigenvalue weighted by molar-refractivity contribution is 7.85. The number of fused-ring (bicyclic) bond motifs is 2. The number of alkyl carbamates (subject to hydrolysis) is 1. The van der Waals surface area contributed by atoms with Crippen LogP contribution >= 0.6 is 7.82 Å². The number of aliphatic carboxylic acids is 1. The van der Waals surface area contributed by atoms with Gasteiger partial charge in [0.25, 0.3) is 10.1 Å². The number of carboxylic acid groups (broad SMARTS) is 1. The number of piperazine rings is 1. The van der Waals surface area contributed by atoms with E-state index in [0.717, 1.165) is 45.4 Å². The summed E-state index contributed by atoms with van der Waals surface area (Å²) >= 11 is 0. The number of ketones is 1. The van der Waals surface area contributed by atoms with Gasteiger partial charge in [0.2, 0.25) is 17.8 Å². The SMILES string of the molecule is COC(=O)C[C@H](C(=O)NN(Cc1c(F)cc(-c2ccn(C(F)F)n2)cc1F)C[C@H](OC(=O)CC(C)(C)c1c(CC(=O)N[C@@H](CS(=O)(=O)O)C(=O)O)cc(C)cc1OP(=O)(O)O)[C@@H](CC(=O)[C@@H](NC(=O)OC)C(C)(C)C(F)(F)F)Cc1ccc(C#Cc2cnc(N3CC4CCC(C3)N4C3COC3)nc2)cc1)C(C)(C)C(F)(F)F. The summed E-state index contributed by atoms with van der Waals surface area (Å²) in [5.74, 6) is -13.0. The second-order valence-corrected chi connectivity index (χ2v) is 31.9. The summed E-state index contributed by atoms with van der Waals surface area (Å²) in [6.07, 6.45) is -14.3. The number of nitrogens with zero attached hydrogens (tertiary/aromatic N) is 7. The van der Waals surface area contributed by atoms with Crippen LogP contribution < -0.4 is 25.5 Å². The molecular formula is C71H83F10N10O19PS. The number of carboxylic acids is 1. The maximum atomic E-state index is 16.9. The van der Waals surface area contributed by atoms with E-state index in [1.165, 1.54) is 63.5 Å². The summed E-state index contributed by atoms with van der Waals surface area (Å²) in [7, 11) is -9.27. The highest BCUT2D eigenvalue weighted by Gasteiger charge is 2.57. The second kappa shape index (κ2) is 35.4. The summed E-state index contributed by atoms with van der Waals surface area (Å²) in [4.78, 5) is 132. The Balaban J connectivity index is 1.28. The number of halogens is 10. The molecule has 0 spiro atoms. The number of esters is 2. The van der Waals surface area contributed by atoms with Crippen LogP contribution in [0.25, 0.3) is 11.3 Å². The predicted octanol–water partition coefficient (Wildman–Crippen LogP) is 8.26. The van der Waals surface area contributed by atoms with Crippen LogP contribution in [0.4, 0.5) is 54.6 Å². The zero-order valence-electron chi connectivity index (χ0n) is 61.7. The summed E-state index contributed by atoms with van der Waals surface area (Å²) in [5.41, 5.74) is -8.37. The lowest BCUT2D eigenvalue weighted by molar-refractivity contribution is -0.231. The van der Waals surface area contributed by atoms with Gasteiger partial charge in [-0.3, -0.25) is 48.6 Å². The highest BCUT2D eigenvalue weighted by atomic mass is 32.2. The molecule has 3 aromatic carbocycles. The van der Waals surface area contributed by atoms with Crippen molar-refractivity contribution in [3.63, 3.8) is 0 Å². The monoisotopic (exact) mass is 1630 g/mol. The molecule has 2 unspecified atom stereocenters. The topological polar surface area (TPSA) is 387 Å². The van der Waals surface area contributed by atoms with Gasteiger partial charge in [-0.15, -0.1) is 0 Å². The Bertz CT molecular complexity index is 4500. The first-order valence-electron chi connectivity index (χ1n) is 34.5. The van der Waals surface area contributed by atoms with Crippen molar-refractivity contribution < 1.29 is 133 Å². The average Bonchev–Trinajstić information content (AvgIpc) is 1.43. The zero-order chi connectivity index (χ0) is 83.1. The first-order chi connectivity index (χ1) is 52.0. The molecule has 7 atom stereocenters. The number of rotatable bonds is 33. The number of alkyl halides is 8. The highest BCUT2D eigenvalue weighted by Crippen LogP contribution is 2.48. The molecule has 5 aromatic rings. The van der Waals surface area contributed by atoms with Gasteiger partial charge in [-0.2, -0.15) is 48.6 Å². The molecule has 2 bridgehead atoms. The minimum absolute atomic E-state index is 0.0633. The number of aryl methyl sites for hydroxylation is 1. The van der Waals surface area contributed by atoms with Crippen LogP contribution in [0.1, 0.15) is 119 Å². The van der Waals surface area contributed by atoms with E-state index in [0.29, 0.717) is 101 Å². The molecule has 0 aliphatic carbocycles. The largest absolute Gasteiger partial charge is 0.524 e. The molecule has 0 radical (unpaired) electrons. The van der Waals surface area contributed by atoms with E-state index in [9.17, 15) is 65.2 Å². The van der Waals surface area contributed by atoms with E-state index < -0.39 is 215 Å². The number of phosphoric acid groups is 1. The third kappa shape index (κ3) is 22.5. The van der Waals surface area contributed by atoms with Crippen molar-refractivity contribution in [1.82, 2.24) is 45.7 Å². The Morgan fingerprint density at radius 2 is 1.39 bits per heavy atom. The molecule has 112 heavy (non-hydrogen) atoms. The summed E-state index contributed by atoms with van der Waals surface area (Å²) in [6.45, 7) is 2.53. The van der Waals surface area contributed by atoms with Crippen LogP contribution in [0.5, 0.6) is 5.75 Å². The van der Waals surface area contributed by atoms with Crippen molar-refractivity contribution >= 4 is 65.5 Å². The quantitative estimate of drug-likeness (QED) is 0.00395. The maximum Gasteiger partial charge on any atom is 0.524 e. The normalized spacial score (nSPS) is 17.3. The number of nitrogens with one attached hydrogen (secondary N) is 3. The Morgan fingerprint density at radius 3 is 1.91 bits per heavy atom. The van der Waals surface area contributed by atoms with Crippen LogP contribution in [-0.2, 0) is 87.2 Å². The number of carbonyl (C=O) groups excluding carboxylic acids is 6. The number of benzene rings is 3. The number of hydrogen-bond acceptors (Lipinski definition) is 21. The van der Waals surface area contributed by atoms with Crippen molar-refractivity contribution in [2.45, 2.75) is 161 Å². The average molecular weight is 1630 g/mol. The van der Waals surface area contributed by atoms with Gasteiger partial charge in [0.1, 0.15) is 41.3 Å². The molecule has 29 nitrogen and oxygen atoms in total. The molecule has 0 saturated carbocycles.